The number of pyridine rings is 2. The number of hydrogen-bond donors (Lipinski definition) is 0. The molecule has 0 saturated heterocycles. The Morgan fingerprint density at radius 2 is 1.31 bits per heavy atom. The highest BCUT2D eigenvalue weighted by Gasteiger charge is 2.17. The highest BCUT2D eigenvalue weighted by atomic mass is 16.6. The quantitative estimate of drug-likeness (QED) is 0.122. The number of fused-ring (bicyclic) bond motifs is 6. The van der Waals surface area contributed by atoms with Gasteiger partial charge in [-0.15, -0.1) is 19.7 Å². The molecule has 3 heterocycles. The van der Waals surface area contributed by atoms with Gasteiger partial charge in [-0.1, -0.05) is 66.8 Å². The molecule has 210 valence electrons. The van der Waals surface area contributed by atoms with Crippen LogP contribution in [0.1, 0.15) is 35.3 Å². The minimum absolute atomic E-state index is 0.00472. The van der Waals surface area contributed by atoms with Gasteiger partial charge in [0.25, 0.3) is 0 Å². The maximum absolute atomic E-state index is 12.2. The molecule has 7 nitrogen and oxygen atoms in total. The molecule has 1 aliphatic rings. The van der Waals surface area contributed by atoms with Gasteiger partial charge in [-0.2, -0.15) is 0 Å². The van der Waals surface area contributed by atoms with Gasteiger partial charge in [0, 0.05) is 41.6 Å². The van der Waals surface area contributed by atoms with Crippen molar-refractivity contribution in [2.24, 2.45) is 0 Å². The van der Waals surface area contributed by atoms with Gasteiger partial charge in [0.1, 0.15) is 5.65 Å². The van der Waals surface area contributed by atoms with Gasteiger partial charge in [-0.25, -0.2) is 4.98 Å². The number of nitrogens with zero attached hydrogens (tertiary/aromatic N) is 3. The maximum Gasteiger partial charge on any atom is 0.317 e. The first-order valence-electron chi connectivity index (χ1n) is 13.4. The summed E-state index contributed by atoms with van der Waals surface area (Å²) in [6.45, 7) is 10.3. The van der Waals surface area contributed by atoms with Crippen LogP contribution in [-0.2, 0) is 20.7 Å². The van der Waals surface area contributed by atoms with Crippen molar-refractivity contribution < 1.29 is 19.1 Å². The van der Waals surface area contributed by atoms with Crippen LogP contribution in [0.4, 0.5) is 0 Å². The van der Waals surface area contributed by atoms with E-state index >= 15 is 0 Å². The van der Waals surface area contributed by atoms with E-state index in [0.29, 0.717) is 12.1 Å². The third kappa shape index (κ3) is 6.82. The Bertz CT molecular complexity index is 1670. The van der Waals surface area contributed by atoms with E-state index in [9.17, 15) is 14.4 Å². The molecule has 2 aromatic carbocycles. The van der Waals surface area contributed by atoms with Crippen LogP contribution in [0.2, 0.25) is 0 Å². The fraction of sp³-hybridized carbons (Fsp3) is 0.114. The van der Waals surface area contributed by atoms with Crippen molar-refractivity contribution in [2.75, 3.05) is 0 Å². The molecule has 0 aliphatic heterocycles. The minimum atomic E-state index is -0.577. The van der Waals surface area contributed by atoms with E-state index in [4.69, 9.17) is 0 Å². The average Bonchev–Trinajstić information content (AvgIpc) is 3.54. The number of para-hydroxylation sites is 1. The van der Waals surface area contributed by atoms with Crippen LogP contribution in [0, 0.1) is 0 Å². The van der Waals surface area contributed by atoms with Gasteiger partial charge in [-0.05, 0) is 35.4 Å². The number of carbonyl (C=O) groups excluding carboxylic acids is 3. The van der Waals surface area contributed by atoms with E-state index in [1.54, 1.807) is 16.8 Å². The normalized spacial score (nSPS) is 10.7. The van der Waals surface area contributed by atoms with Crippen LogP contribution in [0.5, 0.6) is 0 Å². The predicted molar refractivity (Wildman–Crippen MR) is 166 cm³/mol. The lowest BCUT2D eigenvalue weighted by Gasteiger charge is -2.02. The third-order valence-corrected chi connectivity index (χ3v) is 6.41. The van der Waals surface area contributed by atoms with Crippen molar-refractivity contribution in [3.63, 3.8) is 0 Å². The summed E-state index contributed by atoms with van der Waals surface area (Å²) in [5.41, 5.74) is 6.88. The Morgan fingerprint density at radius 3 is 2.05 bits per heavy atom. The third-order valence-electron chi connectivity index (χ3n) is 6.41. The van der Waals surface area contributed by atoms with E-state index in [2.05, 4.69) is 64.8 Å². The Labute approximate surface area is 244 Å². The van der Waals surface area contributed by atoms with E-state index in [0.717, 1.165) is 22.7 Å². The van der Waals surface area contributed by atoms with Gasteiger partial charge in [-0.3, -0.25) is 23.9 Å². The number of benzene rings is 2. The van der Waals surface area contributed by atoms with E-state index in [1.807, 2.05) is 48.7 Å². The van der Waals surface area contributed by atoms with Gasteiger partial charge in [0.05, 0.1) is 24.1 Å². The second-order valence-electron chi connectivity index (χ2n) is 9.28. The molecule has 0 unspecified atom stereocenters. The molecule has 0 radical (unpaired) electrons. The lowest BCUT2D eigenvalue weighted by molar-refractivity contribution is -0.158. The molecule has 7 heteroatoms. The van der Waals surface area contributed by atoms with Crippen LogP contribution in [0.3, 0.4) is 0 Å². The molecule has 0 bridgehead atoms. The molecular weight excluding hydrogens is 526 g/mol. The largest absolute Gasteiger partial charge is 0.393 e. The summed E-state index contributed by atoms with van der Waals surface area (Å²) in [4.78, 5) is 42.0. The van der Waals surface area contributed by atoms with Crippen molar-refractivity contribution in [3.8, 4) is 11.1 Å². The molecule has 0 atom stereocenters. The second kappa shape index (κ2) is 14.3. The summed E-state index contributed by atoms with van der Waals surface area (Å²) in [5, 5.41) is 2.06. The van der Waals surface area contributed by atoms with Crippen LogP contribution in [0.25, 0.3) is 33.1 Å². The second-order valence-corrected chi connectivity index (χ2v) is 9.28. The fourth-order valence-corrected chi connectivity index (χ4v) is 4.65. The van der Waals surface area contributed by atoms with Gasteiger partial charge in [0.15, 0.2) is 0 Å². The molecule has 6 rings (SSSR count). The number of hydrogen-bond acceptors (Lipinski definition) is 6. The molecule has 1 aliphatic carbocycles. The monoisotopic (exact) mass is 557 g/mol. The van der Waals surface area contributed by atoms with Gasteiger partial charge < -0.3 is 4.74 Å². The van der Waals surface area contributed by atoms with E-state index in [-0.39, 0.29) is 18.7 Å². The van der Waals surface area contributed by atoms with Crippen molar-refractivity contribution in [1.82, 2.24) is 14.5 Å². The fourth-order valence-electron chi connectivity index (χ4n) is 4.65. The Morgan fingerprint density at radius 1 is 0.714 bits per heavy atom. The SMILES string of the molecule is C=CCC(=O)OC(=O)CC=C.C=CCC(=O)n1c2ccccc2c2cccnc21.c1ccc2c(c1)Cc1ncccc1-2. The molecule has 0 spiro atoms. The number of esters is 2. The molecule has 0 saturated carbocycles. The summed E-state index contributed by atoms with van der Waals surface area (Å²) < 4.78 is 5.98. The molecule has 3 aromatic heterocycles. The zero-order valence-corrected chi connectivity index (χ0v) is 23.2. The average molecular weight is 558 g/mol. The Kier molecular flexibility index (Phi) is 10.0. The maximum atomic E-state index is 12.2. The zero-order chi connectivity index (χ0) is 29.9. The first kappa shape index (κ1) is 29.6. The zero-order valence-electron chi connectivity index (χ0n) is 23.2. The summed E-state index contributed by atoms with van der Waals surface area (Å²) in [5.74, 6) is -1.16. The van der Waals surface area contributed by atoms with Crippen molar-refractivity contribution >= 4 is 39.8 Å². The van der Waals surface area contributed by atoms with Crippen LogP contribution in [-0.4, -0.2) is 32.4 Å². The standard InChI is InChI=1S/C15H12N2O.C12H9N.C8H10O3/c1-2-6-14(18)17-13-9-4-3-7-11(13)12-8-5-10-16-15(12)17;1-2-5-10-9(4-1)8-12-11(10)6-3-7-13-12;1-3-5-7(9)11-8(10)6-4-2/h2-5,7-10H,1,6H2;1-7H,8H2;3-4H,1-2,5-6H2. The lowest BCUT2D eigenvalue weighted by atomic mass is 10.1. The van der Waals surface area contributed by atoms with Crippen molar-refractivity contribution in [2.45, 2.75) is 25.7 Å². The van der Waals surface area contributed by atoms with Gasteiger partial charge in [0.2, 0.25) is 5.91 Å². The molecule has 5 aromatic rings. The number of aromatic nitrogens is 3. The molecule has 42 heavy (non-hydrogen) atoms. The number of ether oxygens (including phenoxy) is 1. The molecular formula is C35H31N3O4. The lowest BCUT2D eigenvalue weighted by Crippen LogP contribution is -2.09. The molecule has 0 N–H and O–H groups in total. The van der Waals surface area contributed by atoms with E-state index in [1.165, 1.54) is 34.5 Å². The first-order chi connectivity index (χ1) is 20.5. The van der Waals surface area contributed by atoms with Gasteiger partial charge >= 0.3 is 11.9 Å². The summed E-state index contributed by atoms with van der Waals surface area (Å²) in [6.07, 6.45) is 9.37. The number of rotatable bonds is 6. The number of carbonyl (C=O) groups is 3. The van der Waals surface area contributed by atoms with E-state index < -0.39 is 11.9 Å². The molecule has 0 fully saturated rings. The first-order valence-corrected chi connectivity index (χ1v) is 13.4. The van der Waals surface area contributed by atoms with Crippen molar-refractivity contribution in [3.05, 3.63) is 134 Å². The van der Waals surface area contributed by atoms with Crippen molar-refractivity contribution in [1.29, 1.82) is 0 Å². The summed E-state index contributed by atoms with van der Waals surface area (Å²) >= 11 is 0. The predicted octanol–water partition coefficient (Wildman–Crippen LogP) is 7.27. The minimum Gasteiger partial charge on any atom is -0.393 e. The highest BCUT2D eigenvalue weighted by molar-refractivity contribution is 6.12. The Hall–Kier alpha value is -5.43. The topological polar surface area (TPSA) is 91.2 Å². The summed E-state index contributed by atoms with van der Waals surface area (Å²) in [6, 6.07) is 24.4. The molecule has 0 amide bonds. The van der Waals surface area contributed by atoms with Crippen LogP contribution < -0.4 is 0 Å². The van der Waals surface area contributed by atoms with Crippen LogP contribution >= 0.6 is 0 Å². The Balaban J connectivity index is 0.000000151. The highest BCUT2D eigenvalue weighted by Crippen LogP contribution is 2.34. The summed E-state index contributed by atoms with van der Waals surface area (Å²) in [7, 11) is 0. The number of allylic oxidation sites excluding steroid dienone is 1. The smallest absolute Gasteiger partial charge is 0.317 e. The van der Waals surface area contributed by atoms with Crippen LogP contribution in [0.15, 0.2) is 123 Å².